The van der Waals surface area contributed by atoms with Crippen molar-refractivity contribution in [1.82, 2.24) is 0 Å². The first kappa shape index (κ1) is 12.9. The van der Waals surface area contributed by atoms with Crippen molar-refractivity contribution in [2.45, 2.75) is 26.2 Å². The minimum Gasteiger partial charge on any atom is -0.0760 e. The Morgan fingerprint density at radius 2 is 1.25 bits per heavy atom. The van der Waals surface area contributed by atoms with Crippen molar-refractivity contribution in [3.8, 4) is 0 Å². The van der Waals surface area contributed by atoms with Crippen LogP contribution >= 0.6 is 0 Å². The van der Waals surface area contributed by atoms with Gasteiger partial charge in [-0.05, 0) is 42.5 Å². The molecule has 0 nitrogen and oxygen atoms in total. The summed E-state index contributed by atoms with van der Waals surface area (Å²) in [6, 6.07) is 21.6. The monoisotopic (exact) mass is 260 g/mol. The van der Waals surface area contributed by atoms with Crippen LogP contribution in [0.3, 0.4) is 0 Å². The van der Waals surface area contributed by atoms with E-state index in [1.807, 2.05) is 0 Å². The molecule has 0 heteroatoms. The zero-order valence-corrected chi connectivity index (χ0v) is 12.1. The molecule has 0 radical (unpaired) electrons. The molecule has 0 amide bonds. The molecular weight excluding hydrogens is 240 g/mol. The lowest BCUT2D eigenvalue weighted by molar-refractivity contribution is 0.957. The average Bonchev–Trinajstić information content (AvgIpc) is 2.82. The van der Waals surface area contributed by atoms with Gasteiger partial charge in [-0.2, -0.15) is 0 Å². The highest BCUT2D eigenvalue weighted by atomic mass is 14.3. The first-order valence-electron chi connectivity index (χ1n) is 7.24. The second kappa shape index (κ2) is 5.50. The van der Waals surface area contributed by atoms with Crippen LogP contribution in [0.25, 0.3) is 0 Å². The summed E-state index contributed by atoms with van der Waals surface area (Å²) < 4.78 is 0. The van der Waals surface area contributed by atoms with E-state index in [4.69, 9.17) is 0 Å². The van der Waals surface area contributed by atoms with E-state index in [0.717, 1.165) is 6.42 Å². The normalized spacial score (nSPS) is 14.8. The zero-order valence-electron chi connectivity index (χ0n) is 12.1. The molecule has 0 saturated heterocycles. The number of hydrogen-bond acceptors (Lipinski definition) is 0. The molecule has 0 aromatic heterocycles. The highest BCUT2D eigenvalue weighted by molar-refractivity contribution is 5.52. The first-order chi connectivity index (χ1) is 9.77. The topological polar surface area (TPSA) is 0 Å². The SMILES string of the molecule is CC1=C(C)C(C(c2ccccc2)c2ccccc2)=CC1. The largest absolute Gasteiger partial charge is 0.0760 e. The molecule has 100 valence electrons. The van der Waals surface area contributed by atoms with Crippen LogP contribution in [0.15, 0.2) is 83.5 Å². The molecule has 0 heterocycles. The van der Waals surface area contributed by atoms with Gasteiger partial charge in [0, 0.05) is 5.92 Å². The van der Waals surface area contributed by atoms with E-state index in [9.17, 15) is 0 Å². The van der Waals surface area contributed by atoms with Crippen LogP contribution in [-0.2, 0) is 0 Å². The van der Waals surface area contributed by atoms with Crippen molar-refractivity contribution in [2.24, 2.45) is 0 Å². The molecular formula is C20H20. The fourth-order valence-corrected chi connectivity index (χ4v) is 2.99. The highest BCUT2D eigenvalue weighted by Crippen LogP contribution is 2.40. The number of hydrogen-bond donors (Lipinski definition) is 0. The smallest absolute Gasteiger partial charge is 0.0339 e. The van der Waals surface area contributed by atoms with Gasteiger partial charge in [-0.25, -0.2) is 0 Å². The molecule has 1 aliphatic carbocycles. The van der Waals surface area contributed by atoms with Gasteiger partial charge in [-0.15, -0.1) is 0 Å². The van der Waals surface area contributed by atoms with Crippen molar-refractivity contribution in [3.63, 3.8) is 0 Å². The second-order valence-corrected chi connectivity index (χ2v) is 5.52. The van der Waals surface area contributed by atoms with Crippen LogP contribution in [-0.4, -0.2) is 0 Å². The summed E-state index contributed by atoms with van der Waals surface area (Å²) in [5.41, 5.74) is 7.18. The molecule has 20 heavy (non-hydrogen) atoms. The van der Waals surface area contributed by atoms with E-state index in [1.54, 1.807) is 0 Å². The summed E-state index contributed by atoms with van der Waals surface area (Å²) in [6.45, 7) is 4.50. The Morgan fingerprint density at radius 1 is 0.750 bits per heavy atom. The number of allylic oxidation sites excluding steroid dienone is 4. The van der Waals surface area contributed by atoms with Gasteiger partial charge in [-0.1, -0.05) is 72.3 Å². The van der Waals surface area contributed by atoms with Gasteiger partial charge < -0.3 is 0 Å². The molecule has 0 N–H and O–H groups in total. The molecule has 0 bridgehead atoms. The Labute approximate surface area is 121 Å². The lowest BCUT2D eigenvalue weighted by Crippen LogP contribution is -2.05. The molecule has 0 aliphatic heterocycles. The minimum absolute atomic E-state index is 0.356. The van der Waals surface area contributed by atoms with E-state index in [1.165, 1.54) is 27.8 Å². The molecule has 0 spiro atoms. The third-order valence-corrected chi connectivity index (χ3v) is 4.28. The summed E-state index contributed by atoms with van der Waals surface area (Å²) in [4.78, 5) is 0. The zero-order chi connectivity index (χ0) is 13.9. The van der Waals surface area contributed by atoms with Crippen LogP contribution < -0.4 is 0 Å². The van der Waals surface area contributed by atoms with E-state index in [0.29, 0.717) is 5.92 Å². The first-order valence-corrected chi connectivity index (χ1v) is 7.24. The fraction of sp³-hybridized carbons (Fsp3) is 0.200. The van der Waals surface area contributed by atoms with Gasteiger partial charge in [0.15, 0.2) is 0 Å². The Bertz CT molecular complexity index is 605. The van der Waals surface area contributed by atoms with Crippen LogP contribution in [0.1, 0.15) is 37.3 Å². The van der Waals surface area contributed by atoms with Crippen molar-refractivity contribution in [2.75, 3.05) is 0 Å². The Balaban J connectivity index is 2.11. The Kier molecular flexibility index (Phi) is 3.56. The van der Waals surface area contributed by atoms with Crippen LogP contribution in [0, 0.1) is 0 Å². The Hall–Kier alpha value is -2.08. The fourth-order valence-electron chi connectivity index (χ4n) is 2.99. The molecule has 3 rings (SSSR count). The van der Waals surface area contributed by atoms with Crippen LogP contribution in [0.4, 0.5) is 0 Å². The predicted molar refractivity (Wildman–Crippen MR) is 85.8 cm³/mol. The molecule has 0 fully saturated rings. The third kappa shape index (κ3) is 2.34. The number of benzene rings is 2. The standard InChI is InChI=1S/C20H20/c1-15-13-14-19(16(15)2)20(17-9-5-3-6-10-17)18-11-7-4-8-12-18/h3-12,14,20H,13H2,1-2H3. The van der Waals surface area contributed by atoms with Gasteiger partial charge in [-0.3, -0.25) is 0 Å². The maximum atomic E-state index is 2.40. The maximum Gasteiger partial charge on any atom is 0.0339 e. The lowest BCUT2D eigenvalue weighted by Gasteiger charge is -2.21. The highest BCUT2D eigenvalue weighted by Gasteiger charge is 2.23. The van der Waals surface area contributed by atoms with Crippen molar-refractivity contribution >= 4 is 0 Å². The molecule has 0 unspecified atom stereocenters. The van der Waals surface area contributed by atoms with Gasteiger partial charge in [0.05, 0.1) is 0 Å². The maximum absolute atomic E-state index is 2.40. The van der Waals surface area contributed by atoms with Gasteiger partial charge >= 0.3 is 0 Å². The predicted octanol–water partition coefficient (Wildman–Crippen LogP) is 5.49. The minimum atomic E-state index is 0.356. The summed E-state index contributed by atoms with van der Waals surface area (Å²) in [5, 5.41) is 0. The summed E-state index contributed by atoms with van der Waals surface area (Å²) >= 11 is 0. The molecule has 0 saturated carbocycles. The van der Waals surface area contributed by atoms with Crippen molar-refractivity contribution < 1.29 is 0 Å². The molecule has 0 atom stereocenters. The lowest BCUT2D eigenvalue weighted by atomic mass is 9.82. The summed E-state index contributed by atoms with van der Waals surface area (Å²) in [6.07, 6.45) is 3.49. The van der Waals surface area contributed by atoms with E-state index >= 15 is 0 Å². The van der Waals surface area contributed by atoms with E-state index in [-0.39, 0.29) is 0 Å². The molecule has 2 aromatic rings. The van der Waals surface area contributed by atoms with Crippen LogP contribution in [0.2, 0.25) is 0 Å². The third-order valence-electron chi connectivity index (χ3n) is 4.28. The molecule has 2 aromatic carbocycles. The van der Waals surface area contributed by atoms with E-state index < -0.39 is 0 Å². The van der Waals surface area contributed by atoms with Gasteiger partial charge in [0.25, 0.3) is 0 Å². The second-order valence-electron chi connectivity index (χ2n) is 5.52. The van der Waals surface area contributed by atoms with Gasteiger partial charge in [0.2, 0.25) is 0 Å². The Morgan fingerprint density at radius 3 is 1.65 bits per heavy atom. The van der Waals surface area contributed by atoms with Gasteiger partial charge in [0.1, 0.15) is 0 Å². The van der Waals surface area contributed by atoms with E-state index in [2.05, 4.69) is 80.6 Å². The quantitative estimate of drug-likeness (QED) is 0.685. The summed E-state index contributed by atoms with van der Waals surface area (Å²) in [5.74, 6) is 0.356. The summed E-state index contributed by atoms with van der Waals surface area (Å²) in [7, 11) is 0. The van der Waals surface area contributed by atoms with Crippen molar-refractivity contribution in [3.05, 3.63) is 94.6 Å². The van der Waals surface area contributed by atoms with Crippen molar-refractivity contribution in [1.29, 1.82) is 0 Å². The molecule has 1 aliphatic rings. The number of rotatable bonds is 3. The average molecular weight is 260 g/mol. The van der Waals surface area contributed by atoms with Crippen LogP contribution in [0.5, 0.6) is 0 Å².